The van der Waals surface area contributed by atoms with Gasteiger partial charge < -0.3 is 20.5 Å². The minimum Gasteiger partial charge on any atom is -0.478 e. The minimum atomic E-state index is -1.01. The molecule has 1 fully saturated rings. The largest absolute Gasteiger partial charge is 0.478 e. The number of fused-ring (bicyclic) bond motifs is 1. The first-order chi connectivity index (χ1) is 19.0. The summed E-state index contributed by atoms with van der Waals surface area (Å²) in [5, 5.41) is 13.8. The van der Waals surface area contributed by atoms with Crippen LogP contribution in [0, 0.1) is 0 Å². The van der Waals surface area contributed by atoms with Gasteiger partial charge in [-0.3, -0.25) is 4.57 Å². The maximum absolute atomic E-state index is 11.9. The molecule has 0 atom stereocenters. The Kier molecular flexibility index (Phi) is 7.64. The number of rotatable bonds is 9. The molecule has 1 aliphatic heterocycles. The Morgan fingerprint density at radius 1 is 1.08 bits per heavy atom. The lowest BCUT2D eigenvalue weighted by Gasteiger charge is -2.29. The quantitative estimate of drug-likeness (QED) is 0.111. The molecule has 0 saturated carbocycles. The zero-order valence-electron chi connectivity index (χ0n) is 21.9. The van der Waals surface area contributed by atoms with Gasteiger partial charge in [0.25, 0.3) is 6.01 Å². The van der Waals surface area contributed by atoms with Gasteiger partial charge in [0, 0.05) is 24.3 Å². The molecule has 5 rings (SSSR count). The van der Waals surface area contributed by atoms with Crippen LogP contribution in [0.3, 0.4) is 0 Å². The van der Waals surface area contributed by atoms with Gasteiger partial charge in [0.1, 0.15) is 0 Å². The molecule has 0 radical (unpaired) electrons. The van der Waals surface area contributed by atoms with E-state index in [-0.39, 0.29) is 5.56 Å². The molecule has 1 aromatic heterocycles. The first kappa shape index (κ1) is 26.1. The lowest BCUT2D eigenvalue weighted by molar-refractivity contribution is 0.0698. The van der Waals surface area contributed by atoms with E-state index in [9.17, 15) is 9.90 Å². The average molecular weight is 528 g/mol. The summed E-state index contributed by atoms with van der Waals surface area (Å²) >= 11 is 0. The van der Waals surface area contributed by atoms with Crippen molar-refractivity contribution in [3.63, 3.8) is 0 Å². The average Bonchev–Trinajstić information content (AvgIpc) is 3.30. The van der Waals surface area contributed by atoms with E-state index < -0.39 is 5.97 Å². The van der Waals surface area contributed by atoms with Crippen molar-refractivity contribution in [1.82, 2.24) is 15.1 Å². The van der Waals surface area contributed by atoms with Crippen molar-refractivity contribution in [2.75, 3.05) is 24.6 Å². The minimum absolute atomic E-state index is 0.185. The molecule has 0 unspecified atom stereocenters. The Morgan fingerprint density at radius 2 is 1.85 bits per heavy atom. The van der Waals surface area contributed by atoms with Gasteiger partial charge >= 0.3 is 5.97 Å². The van der Waals surface area contributed by atoms with Gasteiger partial charge in [-0.1, -0.05) is 30.3 Å². The summed E-state index contributed by atoms with van der Waals surface area (Å²) in [6.07, 6.45) is 3.63. The Hall–Kier alpha value is -4.57. The number of para-hydroxylation sites is 1. The summed E-state index contributed by atoms with van der Waals surface area (Å²) in [7, 11) is 0. The normalized spacial score (nSPS) is 14.0. The number of aromatic carboxylic acids is 1. The van der Waals surface area contributed by atoms with E-state index in [1.165, 1.54) is 19.3 Å². The number of nitrogens with zero attached hydrogens (tertiary/aromatic N) is 4. The number of carbonyl (C=O) groups is 1. The second-order valence-corrected chi connectivity index (χ2v) is 9.49. The van der Waals surface area contributed by atoms with Crippen LogP contribution >= 0.6 is 0 Å². The number of anilines is 1. The monoisotopic (exact) mass is 527 g/mol. The number of amidine groups is 1. The maximum atomic E-state index is 11.9. The van der Waals surface area contributed by atoms with Crippen LogP contribution in [0.4, 0.5) is 5.69 Å². The molecular weight excluding hydrogens is 494 g/mol. The molecule has 1 aliphatic rings. The molecule has 0 bridgehead atoms. The third-order valence-corrected chi connectivity index (χ3v) is 7.03. The van der Waals surface area contributed by atoms with Gasteiger partial charge in [0.05, 0.1) is 29.7 Å². The number of hydrazine groups is 1. The third kappa shape index (κ3) is 5.37. The summed E-state index contributed by atoms with van der Waals surface area (Å²) in [6, 6.07) is 19.8. The zero-order valence-corrected chi connectivity index (χ0v) is 21.9. The van der Waals surface area contributed by atoms with E-state index in [1.54, 1.807) is 18.2 Å². The molecule has 39 heavy (non-hydrogen) atoms. The Morgan fingerprint density at radius 3 is 2.54 bits per heavy atom. The molecule has 10 heteroatoms. The lowest BCUT2D eigenvalue weighted by atomic mass is 9.96. The maximum Gasteiger partial charge on any atom is 0.337 e. The van der Waals surface area contributed by atoms with Crippen LogP contribution in [0.5, 0.6) is 6.01 Å². The number of benzene rings is 3. The number of nitrogens with two attached hydrogens (primary N) is 2. The molecule has 4 aromatic rings. The first-order valence-corrected chi connectivity index (χ1v) is 13.1. The molecule has 2 heterocycles. The van der Waals surface area contributed by atoms with Crippen LogP contribution in [0.25, 0.3) is 22.2 Å². The van der Waals surface area contributed by atoms with Gasteiger partial charge in [0.2, 0.25) is 0 Å². The van der Waals surface area contributed by atoms with Crippen molar-refractivity contribution >= 4 is 28.5 Å². The van der Waals surface area contributed by atoms with E-state index in [0.717, 1.165) is 41.0 Å². The van der Waals surface area contributed by atoms with Crippen LogP contribution in [0.1, 0.15) is 47.7 Å². The van der Waals surface area contributed by atoms with Gasteiger partial charge in [-0.05, 0) is 73.2 Å². The predicted molar refractivity (Wildman–Crippen MR) is 153 cm³/mol. The number of hydrazone groups is 1. The van der Waals surface area contributed by atoms with Crippen LogP contribution in [0.2, 0.25) is 0 Å². The third-order valence-electron chi connectivity index (χ3n) is 7.03. The van der Waals surface area contributed by atoms with E-state index in [0.29, 0.717) is 36.0 Å². The predicted octanol–water partition coefficient (Wildman–Crippen LogP) is 3.92. The van der Waals surface area contributed by atoms with Crippen molar-refractivity contribution in [2.24, 2.45) is 16.7 Å². The van der Waals surface area contributed by atoms with E-state index in [4.69, 9.17) is 16.3 Å². The topological polar surface area (TPSA) is 144 Å². The lowest BCUT2D eigenvalue weighted by Crippen LogP contribution is -2.29. The highest BCUT2D eigenvalue weighted by atomic mass is 16.5. The molecule has 0 amide bonds. The Labute approximate surface area is 226 Å². The number of carboxylic acids is 1. The molecule has 1 saturated heterocycles. The number of carboxylic acid groups (broad SMARTS) is 1. The second kappa shape index (κ2) is 11.4. The highest BCUT2D eigenvalue weighted by molar-refractivity contribution is 6.04. The van der Waals surface area contributed by atoms with Crippen molar-refractivity contribution < 1.29 is 14.6 Å². The molecule has 10 nitrogen and oxygen atoms in total. The Balaban J connectivity index is 1.52. The second-order valence-electron chi connectivity index (χ2n) is 9.49. The van der Waals surface area contributed by atoms with Crippen molar-refractivity contribution in [1.29, 1.82) is 0 Å². The van der Waals surface area contributed by atoms with Gasteiger partial charge in [-0.15, -0.1) is 5.10 Å². The SMILES string of the molecule is CCOc1nc2cccc(C(=O)O)c2n1Cc1ccc(-c2cc(N3CCCCC3)ccc2/C(N)=N/NN)cc1. The fourth-order valence-electron chi connectivity index (χ4n) is 5.17. The zero-order chi connectivity index (χ0) is 27.4. The fraction of sp³-hybridized carbons (Fsp3) is 0.276. The molecule has 202 valence electrons. The summed E-state index contributed by atoms with van der Waals surface area (Å²) in [6.45, 7) is 4.76. The first-order valence-electron chi connectivity index (χ1n) is 13.1. The number of aromatic nitrogens is 2. The van der Waals surface area contributed by atoms with E-state index in [1.807, 2.05) is 41.8 Å². The molecular formula is C29H33N7O3. The Bertz CT molecular complexity index is 1510. The van der Waals surface area contributed by atoms with Gasteiger partial charge in [-0.25, -0.2) is 16.2 Å². The van der Waals surface area contributed by atoms with Gasteiger partial charge in [0.15, 0.2) is 5.84 Å². The summed E-state index contributed by atoms with van der Waals surface area (Å²) in [5.41, 5.74) is 14.7. The van der Waals surface area contributed by atoms with Crippen molar-refractivity contribution in [3.05, 3.63) is 77.4 Å². The van der Waals surface area contributed by atoms with Crippen LogP contribution < -0.4 is 26.7 Å². The number of ether oxygens (including phenoxy) is 1. The number of piperidine rings is 1. The van der Waals surface area contributed by atoms with Crippen LogP contribution in [-0.2, 0) is 6.54 Å². The summed E-state index contributed by atoms with van der Waals surface area (Å²) in [4.78, 5) is 18.9. The molecule has 0 spiro atoms. The van der Waals surface area contributed by atoms with Crippen LogP contribution in [0.15, 0.2) is 65.8 Å². The fourth-order valence-corrected chi connectivity index (χ4v) is 5.17. The highest BCUT2D eigenvalue weighted by Crippen LogP contribution is 2.31. The van der Waals surface area contributed by atoms with Crippen molar-refractivity contribution in [3.8, 4) is 17.1 Å². The van der Waals surface area contributed by atoms with Gasteiger partial charge in [-0.2, -0.15) is 4.98 Å². The molecule has 3 aromatic carbocycles. The van der Waals surface area contributed by atoms with Crippen LogP contribution in [-0.4, -0.2) is 46.2 Å². The number of hydrogen-bond acceptors (Lipinski definition) is 7. The standard InChI is InChI=1S/C29H33N7O3/c1-2-39-29-32-25-8-6-7-23(28(37)38)26(25)36(29)18-19-9-11-20(12-10-19)24-17-21(35-15-4-3-5-16-35)13-14-22(24)27(30)33-34-31/h6-14,17,34H,2-5,15-16,18,31H2,1H3,(H2,30,33)(H,37,38). The highest BCUT2D eigenvalue weighted by Gasteiger charge is 2.20. The number of nitrogens with one attached hydrogen (secondary N) is 1. The molecule has 6 N–H and O–H groups in total. The van der Waals surface area contributed by atoms with E-state index >= 15 is 0 Å². The number of imidazole rings is 1. The smallest absolute Gasteiger partial charge is 0.337 e. The summed E-state index contributed by atoms with van der Waals surface area (Å²) < 4.78 is 7.59. The molecule has 0 aliphatic carbocycles. The van der Waals surface area contributed by atoms with Crippen molar-refractivity contribution in [2.45, 2.75) is 32.7 Å². The summed E-state index contributed by atoms with van der Waals surface area (Å²) in [5.74, 6) is 4.70. The van der Waals surface area contributed by atoms with E-state index in [2.05, 4.69) is 32.7 Å². The number of hydrogen-bond donors (Lipinski definition) is 4.